The van der Waals surface area contributed by atoms with Gasteiger partial charge in [-0.3, -0.25) is 4.79 Å². The van der Waals surface area contributed by atoms with Gasteiger partial charge in [0.2, 0.25) is 0 Å². The first kappa shape index (κ1) is 15.4. The minimum Gasteiger partial charge on any atom is -0.394 e. The number of amides is 1. The molecule has 0 aliphatic carbocycles. The zero-order valence-corrected chi connectivity index (χ0v) is 11.4. The molecule has 6 nitrogen and oxygen atoms in total. The van der Waals surface area contributed by atoms with Crippen LogP contribution in [-0.4, -0.2) is 56.5 Å². The monoisotopic (exact) mass is 267 g/mol. The van der Waals surface area contributed by atoms with Crippen LogP contribution in [0.5, 0.6) is 0 Å². The van der Waals surface area contributed by atoms with Crippen LogP contribution in [0.4, 0.5) is 5.82 Å². The van der Waals surface area contributed by atoms with Gasteiger partial charge in [-0.05, 0) is 18.6 Å². The summed E-state index contributed by atoms with van der Waals surface area (Å²) in [6.07, 6.45) is 2.28. The first-order valence-corrected chi connectivity index (χ1v) is 6.25. The molecule has 0 radical (unpaired) electrons. The number of aliphatic hydroxyl groups is 1. The summed E-state index contributed by atoms with van der Waals surface area (Å²) in [4.78, 5) is 17.8. The van der Waals surface area contributed by atoms with Gasteiger partial charge in [-0.15, -0.1) is 0 Å². The van der Waals surface area contributed by atoms with Gasteiger partial charge in [0.05, 0.1) is 18.8 Å². The van der Waals surface area contributed by atoms with E-state index < -0.39 is 0 Å². The number of aliphatic hydroxyl groups excluding tert-OH is 1. The number of aromatic nitrogens is 1. The highest BCUT2D eigenvalue weighted by molar-refractivity contribution is 5.94. The van der Waals surface area contributed by atoms with Crippen LogP contribution < -0.4 is 10.2 Å². The molecule has 0 bridgehead atoms. The SMILES string of the molecule is CN(C)c1ccc(C(=O)NCCCOCCO)cn1. The second-order valence-corrected chi connectivity index (χ2v) is 4.24. The maximum atomic E-state index is 11.8. The molecule has 0 aliphatic heterocycles. The number of hydrogen-bond donors (Lipinski definition) is 2. The Hall–Kier alpha value is -1.66. The van der Waals surface area contributed by atoms with Crippen molar-refractivity contribution in [3.8, 4) is 0 Å². The van der Waals surface area contributed by atoms with E-state index in [4.69, 9.17) is 9.84 Å². The second-order valence-electron chi connectivity index (χ2n) is 4.24. The lowest BCUT2D eigenvalue weighted by atomic mass is 10.2. The molecule has 1 aromatic heterocycles. The fourth-order valence-electron chi connectivity index (χ4n) is 1.43. The van der Waals surface area contributed by atoms with Gasteiger partial charge in [0.1, 0.15) is 5.82 Å². The molecule has 0 saturated carbocycles. The Balaban J connectivity index is 2.29. The molecule has 1 heterocycles. The summed E-state index contributed by atoms with van der Waals surface area (Å²) in [5.74, 6) is 0.675. The van der Waals surface area contributed by atoms with E-state index in [0.29, 0.717) is 25.3 Å². The summed E-state index contributed by atoms with van der Waals surface area (Å²) in [6.45, 7) is 1.43. The Morgan fingerprint density at radius 2 is 2.21 bits per heavy atom. The van der Waals surface area contributed by atoms with Crippen LogP contribution in [-0.2, 0) is 4.74 Å². The Bertz CT molecular complexity index is 379. The summed E-state index contributed by atoms with van der Waals surface area (Å²) in [6, 6.07) is 3.55. The summed E-state index contributed by atoms with van der Waals surface area (Å²) < 4.78 is 5.09. The number of nitrogens with one attached hydrogen (secondary N) is 1. The van der Waals surface area contributed by atoms with E-state index in [1.54, 1.807) is 18.3 Å². The second kappa shape index (κ2) is 8.44. The Labute approximate surface area is 113 Å². The average molecular weight is 267 g/mol. The number of ether oxygens (including phenoxy) is 1. The van der Waals surface area contributed by atoms with Crippen molar-refractivity contribution in [2.24, 2.45) is 0 Å². The zero-order valence-electron chi connectivity index (χ0n) is 11.4. The normalized spacial score (nSPS) is 10.3. The van der Waals surface area contributed by atoms with Gasteiger partial charge in [-0.1, -0.05) is 0 Å². The van der Waals surface area contributed by atoms with Crippen molar-refractivity contribution in [2.75, 3.05) is 45.4 Å². The van der Waals surface area contributed by atoms with E-state index >= 15 is 0 Å². The predicted octanol–water partition coefficient (Wildman–Crippen LogP) is 0.276. The Kier molecular flexibility index (Phi) is 6.84. The van der Waals surface area contributed by atoms with Crippen LogP contribution >= 0.6 is 0 Å². The van der Waals surface area contributed by atoms with Crippen LogP contribution in [0.1, 0.15) is 16.8 Å². The number of hydrogen-bond acceptors (Lipinski definition) is 5. The van der Waals surface area contributed by atoms with Crippen molar-refractivity contribution in [1.82, 2.24) is 10.3 Å². The van der Waals surface area contributed by atoms with Crippen molar-refractivity contribution in [3.05, 3.63) is 23.9 Å². The minimum absolute atomic E-state index is 0.0241. The third-order valence-corrected chi connectivity index (χ3v) is 2.45. The van der Waals surface area contributed by atoms with E-state index in [0.717, 1.165) is 12.2 Å². The van der Waals surface area contributed by atoms with Gasteiger partial charge in [0.25, 0.3) is 5.91 Å². The van der Waals surface area contributed by atoms with Crippen molar-refractivity contribution in [3.63, 3.8) is 0 Å². The molecule has 0 aromatic carbocycles. The number of rotatable bonds is 8. The highest BCUT2D eigenvalue weighted by Gasteiger charge is 2.05. The molecule has 1 rings (SSSR count). The fourth-order valence-corrected chi connectivity index (χ4v) is 1.43. The van der Waals surface area contributed by atoms with Gasteiger partial charge in [-0.25, -0.2) is 4.98 Å². The molecule has 106 valence electrons. The number of pyridine rings is 1. The molecule has 0 fully saturated rings. The first-order chi connectivity index (χ1) is 9.15. The fraction of sp³-hybridized carbons (Fsp3) is 0.538. The van der Waals surface area contributed by atoms with Gasteiger partial charge >= 0.3 is 0 Å². The Morgan fingerprint density at radius 1 is 1.42 bits per heavy atom. The molecule has 1 aromatic rings. The quantitative estimate of drug-likeness (QED) is 0.662. The molecule has 19 heavy (non-hydrogen) atoms. The van der Waals surface area contributed by atoms with Crippen LogP contribution in [0.2, 0.25) is 0 Å². The van der Waals surface area contributed by atoms with Crippen molar-refractivity contribution in [2.45, 2.75) is 6.42 Å². The topological polar surface area (TPSA) is 74.7 Å². The van der Waals surface area contributed by atoms with E-state index in [2.05, 4.69) is 10.3 Å². The first-order valence-electron chi connectivity index (χ1n) is 6.25. The third-order valence-electron chi connectivity index (χ3n) is 2.45. The molecule has 0 saturated heterocycles. The lowest BCUT2D eigenvalue weighted by Gasteiger charge is -2.11. The van der Waals surface area contributed by atoms with Crippen LogP contribution in [0.3, 0.4) is 0 Å². The molecule has 1 amide bonds. The summed E-state index contributed by atoms with van der Waals surface area (Å²) in [5.41, 5.74) is 0.543. The van der Waals surface area contributed by atoms with Gasteiger partial charge in [0, 0.05) is 33.4 Å². The van der Waals surface area contributed by atoms with E-state index in [-0.39, 0.29) is 12.5 Å². The summed E-state index contributed by atoms with van der Waals surface area (Å²) in [5, 5.41) is 11.3. The van der Waals surface area contributed by atoms with Crippen LogP contribution in [0, 0.1) is 0 Å². The molecule has 0 unspecified atom stereocenters. The Morgan fingerprint density at radius 3 is 2.79 bits per heavy atom. The van der Waals surface area contributed by atoms with E-state index in [1.807, 2.05) is 19.0 Å². The molecule has 0 spiro atoms. The number of nitrogens with zero attached hydrogens (tertiary/aromatic N) is 2. The number of anilines is 1. The largest absolute Gasteiger partial charge is 0.394 e. The minimum atomic E-state index is -0.139. The van der Waals surface area contributed by atoms with Crippen LogP contribution in [0.15, 0.2) is 18.3 Å². The van der Waals surface area contributed by atoms with Gasteiger partial charge in [-0.2, -0.15) is 0 Å². The maximum Gasteiger partial charge on any atom is 0.252 e. The van der Waals surface area contributed by atoms with Gasteiger partial charge in [0.15, 0.2) is 0 Å². The van der Waals surface area contributed by atoms with Crippen molar-refractivity contribution >= 4 is 11.7 Å². The molecular weight excluding hydrogens is 246 g/mol. The summed E-state index contributed by atoms with van der Waals surface area (Å²) in [7, 11) is 3.79. The number of carbonyl (C=O) groups excluding carboxylic acids is 1. The summed E-state index contributed by atoms with van der Waals surface area (Å²) >= 11 is 0. The third kappa shape index (κ3) is 5.67. The predicted molar refractivity (Wildman–Crippen MR) is 73.4 cm³/mol. The van der Waals surface area contributed by atoms with Crippen molar-refractivity contribution < 1.29 is 14.6 Å². The van der Waals surface area contributed by atoms with E-state index in [9.17, 15) is 4.79 Å². The molecular formula is C13H21N3O3. The molecule has 6 heteroatoms. The van der Waals surface area contributed by atoms with Crippen LogP contribution in [0.25, 0.3) is 0 Å². The van der Waals surface area contributed by atoms with E-state index in [1.165, 1.54) is 0 Å². The highest BCUT2D eigenvalue weighted by Crippen LogP contribution is 2.07. The lowest BCUT2D eigenvalue weighted by molar-refractivity contribution is 0.0867. The standard InChI is InChI=1S/C13H21N3O3/c1-16(2)12-5-4-11(10-15-12)13(18)14-6-3-8-19-9-7-17/h4-5,10,17H,3,6-9H2,1-2H3,(H,14,18). The zero-order chi connectivity index (χ0) is 14.1. The van der Waals surface area contributed by atoms with Crippen molar-refractivity contribution in [1.29, 1.82) is 0 Å². The highest BCUT2D eigenvalue weighted by atomic mass is 16.5. The average Bonchev–Trinajstić information content (AvgIpc) is 2.42. The number of carbonyl (C=O) groups is 1. The smallest absolute Gasteiger partial charge is 0.252 e. The maximum absolute atomic E-state index is 11.8. The molecule has 0 atom stereocenters. The van der Waals surface area contributed by atoms with Gasteiger partial charge < -0.3 is 20.1 Å². The lowest BCUT2D eigenvalue weighted by Crippen LogP contribution is -2.25. The molecule has 0 aliphatic rings. The molecule has 2 N–H and O–H groups in total.